The molecule has 204 valence electrons. The molecule has 1 aliphatic heterocycles. The van der Waals surface area contributed by atoms with E-state index in [0.29, 0.717) is 34.3 Å². The Kier molecular flexibility index (Phi) is 8.01. The Balaban J connectivity index is 1.29. The van der Waals surface area contributed by atoms with Crippen LogP contribution in [0, 0.1) is 0 Å². The number of nitrogens with zero attached hydrogens (tertiary/aromatic N) is 3. The van der Waals surface area contributed by atoms with E-state index < -0.39 is 9.84 Å². The molecule has 0 radical (unpaired) electrons. The minimum absolute atomic E-state index is 0.0986. The van der Waals surface area contributed by atoms with Gasteiger partial charge in [0.2, 0.25) is 0 Å². The van der Waals surface area contributed by atoms with Crippen molar-refractivity contribution in [2.75, 3.05) is 45.5 Å². The Labute approximate surface area is 231 Å². The lowest BCUT2D eigenvalue weighted by Crippen LogP contribution is -2.41. The number of carbonyl (C=O) groups is 1. The summed E-state index contributed by atoms with van der Waals surface area (Å²) < 4.78 is 25.7. The number of pyridine rings is 1. The smallest absolute Gasteiger partial charge is 0.251 e. The molecule has 1 saturated heterocycles. The Morgan fingerprint density at radius 1 is 1.18 bits per heavy atom. The summed E-state index contributed by atoms with van der Waals surface area (Å²) in [5, 5.41) is 16.2. The van der Waals surface area contributed by atoms with E-state index in [-0.39, 0.29) is 22.4 Å². The Hall–Kier alpha value is -3.67. The zero-order valence-corrected chi connectivity index (χ0v) is 23.3. The Morgan fingerprint density at radius 2 is 2.00 bits per heavy atom. The molecule has 0 aliphatic carbocycles. The van der Waals surface area contributed by atoms with Gasteiger partial charge in [-0.15, -0.1) is 11.3 Å². The molecule has 0 bridgehead atoms. The lowest BCUT2D eigenvalue weighted by molar-refractivity contribution is 0.0954. The molecule has 0 saturated carbocycles. The largest absolute Gasteiger partial charge is 0.494 e. The molecule has 5 rings (SSSR count). The van der Waals surface area contributed by atoms with Gasteiger partial charge >= 0.3 is 0 Å². The molecule has 0 spiro atoms. The van der Waals surface area contributed by atoms with Crippen molar-refractivity contribution < 1.29 is 18.3 Å². The summed E-state index contributed by atoms with van der Waals surface area (Å²) in [5.74, 6) is -0.429. The second-order valence-corrected chi connectivity index (χ2v) is 12.6. The quantitative estimate of drug-likeness (QED) is 0.284. The molecule has 1 fully saturated rings. The monoisotopic (exact) mass is 565 g/mol. The fourth-order valence-electron chi connectivity index (χ4n) is 4.53. The van der Waals surface area contributed by atoms with Crippen molar-refractivity contribution in [3.05, 3.63) is 76.8 Å². The summed E-state index contributed by atoms with van der Waals surface area (Å²) in [6.07, 6.45) is 5.60. The number of likely N-dealkylation sites (N-methyl/N-ethyl adjacent to an activating group) is 1. The minimum atomic E-state index is -3.56. The van der Waals surface area contributed by atoms with Gasteiger partial charge in [-0.25, -0.2) is 8.42 Å². The van der Waals surface area contributed by atoms with Crippen molar-refractivity contribution in [1.29, 1.82) is 0 Å². The van der Waals surface area contributed by atoms with Crippen LogP contribution in [-0.4, -0.2) is 84.7 Å². The molecule has 0 unspecified atom stereocenters. The van der Waals surface area contributed by atoms with Crippen LogP contribution in [0.15, 0.2) is 71.2 Å². The van der Waals surface area contributed by atoms with Crippen molar-refractivity contribution >= 4 is 38.0 Å². The molecule has 1 amide bonds. The van der Waals surface area contributed by atoms with Crippen LogP contribution in [0.5, 0.6) is 5.88 Å². The van der Waals surface area contributed by atoms with E-state index in [4.69, 9.17) is 0 Å². The van der Waals surface area contributed by atoms with Crippen molar-refractivity contribution in [1.82, 2.24) is 25.1 Å². The number of nitrogens with one attached hydrogen (secondary N) is 2. The Bertz CT molecular complexity index is 1570. The van der Waals surface area contributed by atoms with Crippen LogP contribution in [-0.2, 0) is 16.3 Å². The van der Waals surface area contributed by atoms with E-state index in [1.54, 1.807) is 41.7 Å². The minimum Gasteiger partial charge on any atom is -0.494 e. The number of piperazine rings is 1. The maximum atomic E-state index is 12.9. The van der Waals surface area contributed by atoms with Crippen molar-refractivity contribution in [2.45, 2.75) is 11.3 Å². The number of amides is 1. The van der Waals surface area contributed by atoms with Gasteiger partial charge in [-0.05, 0) is 61.4 Å². The van der Waals surface area contributed by atoms with Crippen LogP contribution >= 0.6 is 11.3 Å². The molecule has 4 heterocycles. The number of benzene rings is 1. The normalized spacial score (nSPS) is 14.8. The van der Waals surface area contributed by atoms with E-state index >= 15 is 0 Å². The summed E-state index contributed by atoms with van der Waals surface area (Å²) in [6, 6.07) is 12.2. The van der Waals surface area contributed by atoms with Crippen LogP contribution in [0.2, 0.25) is 0 Å². The van der Waals surface area contributed by atoms with Gasteiger partial charge in [-0.2, -0.15) is 0 Å². The highest BCUT2D eigenvalue weighted by atomic mass is 32.2. The van der Waals surface area contributed by atoms with E-state index in [2.05, 4.69) is 32.1 Å². The number of aromatic hydroxyl groups is 1. The first-order valence-corrected chi connectivity index (χ1v) is 15.3. The molecular weight excluding hydrogens is 534 g/mol. The predicted molar refractivity (Wildman–Crippen MR) is 154 cm³/mol. The van der Waals surface area contributed by atoms with Gasteiger partial charge in [0.1, 0.15) is 0 Å². The first kappa shape index (κ1) is 26.9. The SMILES string of the molecule is CN1CCN(C=CCS(=O)(=O)c2ccc(-c3c(O)[nH]c4ccc(C(=O)NCCc5cccs5)cc34)nc2)CC1. The van der Waals surface area contributed by atoms with Gasteiger partial charge in [0, 0.05) is 60.3 Å². The van der Waals surface area contributed by atoms with Crippen molar-refractivity contribution in [3.8, 4) is 17.1 Å². The fraction of sp³-hybridized carbons (Fsp3) is 0.286. The zero-order chi connectivity index (χ0) is 27.4. The average molecular weight is 566 g/mol. The molecule has 1 aliphatic rings. The van der Waals surface area contributed by atoms with E-state index in [1.165, 1.54) is 17.1 Å². The van der Waals surface area contributed by atoms with E-state index in [9.17, 15) is 18.3 Å². The standard InChI is InChI=1S/C28H31N5O4S2/c1-32-12-14-33(15-13-32)11-3-17-39(36,37)22-6-8-25(30-19-22)26-23-18-20(5-7-24(23)31-28(26)35)27(34)29-10-9-21-4-2-16-38-21/h2-8,11,16,18-19,31,35H,9-10,12-15,17H2,1H3,(H,29,34). The third kappa shape index (κ3) is 6.32. The van der Waals surface area contributed by atoms with Gasteiger partial charge in [-0.1, -0.05) is 12.1 Å². The molecule has 4 aromatic rings. The number of rotatable bonds is 9. The van der Waals surface area contributed by atoms with Crippen LogP contribution in [0.1, 0.15) is 15.2 Å². The van der Waals surface area contributed by atoms with Gasteiger partial charge in [0.25, 0.3) is 5.91 Å². The van der Waals surface area contributed by atoms with Crippen molar-refractivity contribution in [3.63, 3.8) is 0 Å². The summed E-state index contributed by atoms with van der Waals surface area (Å²) >= 11 is 1.65. The molecule has 0 atom stereocenters. The fourth-order valence-corrected chi connectivity index (χ4v) is 6.26. The number of hydrogen-bond donors (Lipinski definition) is 3. The maximum absolute atomic E-state index is 12.9. The predicted octanol–water partition coefficient (Wildman–Crippen LogP) is 3.50. The second kappa shape index (κ2) is 11.6. The summed E-state index contributed by atoms with van der Waals surface area (Å²) in [7, 11) is -1.49. The van der Waals surface area contributed by atoms with E-state index in [0.717, 1.165) is 32.6 Å². The number of H-pyrrole nitrogens is 1. The number of thiophene rings is 1. The third-order valence-electron chi connectivity index (χ3n) is 6.80. The molecule has 1 aromatic carbocycles. The van der Waals surface area contributed by atoms with Gasteiger partial charge in [0.05, 0.1) is 21.9 Å². The van der Waals surface area contributed by atoms with Crippen LogP contribution < -0.4 is 5.32 Å². The topological polar surface area (TPSA) is 119 Å². The highest BCUT2D eigenvalue weighted by Gasteiger charge is 2.19. The summed E-state index contributed by atoms with van der Waals surface area (Å²) in [4.78, 5) is 25.7. The lowest BCUT2D eigenvalue weighted by Gasteiger charge is -2.31. The molecule has 3 aromatic heterocycles. The molecular formula is C28H31N5O4S2. The summed E-state index contributed by atoms with van der Waals surface area (Å²) in [5.41, 5.74) is 1.92. The number of sulfone groups is 1. The van der Waals surface area contributed by atoms with Gasteiger partial charge in [-0.3, -0.25) is 9.78 Å². The zero-order valence-electron chi connectivity index (χ0n) is 21.6. The number of fused-ring (bicyclic) bond motifs is 1. The highest BCUT2D eigenvalue weighted by Crippen LogP contribution is 2.36. The maximum Gasteiger partial charge on any atom is 0.251 e. The van der Waals surface area contributed by atoms with E-state index in [1.807, 2.05) is 23.7 Å². The highest BCUT2D eigenvalue weighted by molar-refractivity contribution is 7.91. The molecule has 11 heteroatoms. The molecule has 3 N–H and O–H groups in total. The number of carbonyl (C=O) groups excluding carboxylic acids is 1. The second-order valence-electron chi connectivity index (χ2n) is 9.58. The van der Waals surface area contributed by atoms with Crippen LogP contribution in [0.4, 0.5) is 0 Å². The third-order valence-corrected chi connectivity index (χ3v) is 9.33. The van der Waals surface area contributed by atoms with Gasteiger partial charge in [0.15, 0.2) is 15.7 Å². The molecule has 9 nitrogen and oxygen atoms in total. The first-order chi connectivity index (χ1) is 18.8. The van der Waals surface area contributed by atoms with Gasteiger partial charge < -0.3 is 25.2 Å². The first-order valence-electron chi connectivity index (χ1n) is 12.7. The number of aromatic nitrogens is 2. The van der Waals surface area contributed by atoms with Crippen molar-refractivity contribution in [2.24, 2.45) is 0 Å². The average Bonchev–Trinajstić information content (AvgIpc) is 3.56. The lowest BCUT2D eigenvalue weighted by atomic mass is 10.1. The molecule has 39 heavy (non-hydrogen) atoms. The van der Waals surface area contributed by atoms with Crippen LogP contribution in [0.3, 0.4) is 0 Å². The number of aromatic amines is 1. The van der Waals surface area contributed by atoms with Crippen LogP contribution in [0.25, 0.3) is 22.2 Å². The summed E-state index contributed by atoms with van der Waals surface area (Å²) in [6.45, 7) is 4.16. The number of hydrogen-bond acceptors (Lipinski definition) is 8. The Morgan fingerprint density at radius 3 is 2.72 bits per heavy atom.